The topological polar surface area (TPSA) is 78.1 Å². The van der Waals surface area contributed by atoms with Crippen LogP contribution in [0.25, 0.3) is 0 Å². The second-order valence-corrected chi connectivity index (χ2v) is 4.00. The number of nitrogens with zero attached hydrogens (tertiary/aromatic N) is 2. The van der Waals surface area contributed by atoms with Crippen molar-refractivity contribution in [3.63, 3.8) is 0 Å². The standard InChI is InChI=1S/C5H7N3O2S2/c1-10-3(9)2-11-5-8-7-4(6)12-5/h2H2,1H3,(H2,6,7). The van der Waals surface area contributed by atoms with Crippen LogP contribution in [0.1, 0.15) is 0 Å². The maximum Gasteiger partial charge on any atom is 0.316 e. The van der Waals surface area contributed by atoms with Crippen molar-refractivity contribution in [3.8, 4) is 0 Å². The van der Waals surface area contributed by atoms with Gasteiger partial charge >= 0.3 is 5.97 Å². The van der Waals surface area contributed by atoms with Crippen LogP contribution in [0.3, 0.4) is 0 Å². The molecule has 0 aliphatic rings. The Morgan fingerprint density at radius 1 is 1.75 bits per heavy atom. The van der Waals surface area contributed by atoms with Crippen LogP contribution in [-0.4, -0.2) is 29.0 Å². The summed E-state index contributed by atoms with van der Waals surface area (Å²) in [6, 6.07) is 0. The number of nitrogen functional groups attached to an aromatic ring is 1. The average molecular weight is 205 g/mol. The van der Waals surface area contributed by atoms with Gasteiger partial charge < -0.3 is 10.5 Å². The average Bonchev–Trinajstić information content (AvgIpc) is 2.47. The van der Waals surface area contributed by atoms with Gasteiger partial charge in [0.2, 0.25) is 5.13 Å². The van der Waals surface area contributed by atoms with Gasteiger partial charge in [-0.25, -0.2) is 0 Å². The second kappa shape index (κ2) is 4.27. The highest BCUT2D eigenvalue weighted by atomic mass is 32.2. The van der Waals surface area contributed by atoms with Gasteiger partial charge in [-0.3, -0.25) is 4.79 Å². The molecule has 0 fully saturated rings. The molecule has 0 aromatic carbocycles. The van der Waals surface area contributed by atoms with Gasteiger partial charge in [0.1, 0.15) is 0 Å². The molecule has 7 heteroatoms. The maximum absolute atomic E-state index is 10.7. The maximum atomic E-state index is 10.7. The van der Waals surface area contributed by atoms with Crippen LogP contribution in [0.2, 0.25) is 0 Å². The number of aromatic nitrogens is 2. The summed E-state index contributed by atoms with van der Waals surface area (Å²) in [6.07, 6.45) is 0. The van der Waals surface area contributed by atoms with Gasteiger partial charge in [0.05, 0.1) is 12.9 Å². The fourth-order valence-electron chi connectivity index (χ4n) is 0.458. The quantitative estimate of drug-likeness (QED) is 0.568. The highest BCUT2D eigenvalue weighted by Gasteiger charge is 2.05. The smallest absolute Gasteiger partial charge is 0.316 e. The lowest BCUT2D eigenvalue weighted by atomic mass is 10.8. The molecule has 2 N–H and O–H groups in total. The Labute approximate surface area is 77.3 Å². The van der Waals surface area contributed by atoms with E-state index in [0.717, 1.165) is 0 Å². The summed E-state index contributed by atoms with van der Waals surface area (Å²) in [5.41, 5.74) is 5.33. The van der Waals surface area contributed by atoms with E-state index in [4.69, 9.17) is 5.73 Å². The number of hydrogen-bond donors (Lipinski definition) is 1. The van der Waals surface area contributed by atoms with Gasteiger partial charge in [-0.1, -0.05) is 23.1 Å². The van der Waals surface area contributed by atoms with E-state index in [1.54, 1.807) is 0 Å². The Balaban J connectivity index is 2.38. The zero-order valence-electron chi connectivity index (χ0n) is 6.31. The molecule has 0 aliphatic carbocycles. The van der Waals surface area contributed by atoms with E-state index in [1.807, 2.05) is 0 Å². The van der Waals surface area contributed by atoms with Crippen molar-refractivity contribution in [2.75, 3.05) is 18.6 Å². The Kier molecular flexibility index (Phi) is 3.30. The van der Waals surface area contributed by atoms with Crippen LogP contribution < -0.4 is 5.73 Å². The molecule has 12 heavy (non-hydrogen) atoms. The number of rotatable bonds is 3. The molecule has 1 heterocycles. The number of thioether (sulfide) groups is 1. The van der Waals surface area contributed by atoms with Crippen LogP contribution in [0, 0.1) is 0 Å². The van der Waals surface area contributed by atoms with Crippen molar-refractivity contribution in [2.45, 2.75) is 4.34 Å². The summed E-state index contributed by atoms with van der Waals surface area (Å²) in [5.74, 6) is -0.0423. The van der Waals surface area contributed by atoms with Gasteiger partial charge in [-0.05, 0) is 0 Å². The summed E-state index contributed by atoms with van der Waals surface area (Å²) in [7, 11) is 1.34. The monoisotopic (exact) mass is 205 g/mol. The molecule has 0 unspecified atom stereocenters. The molecule has 0 saturated heterocycles. The summed E-state index contributed by atoms with van der Waals surface area (Å²) in [4.78, 5) is 10.7. The fraction of sp³-hybridized carbons (Fsp3) is 0.400. The number of nitrogens with two attached hydrogens (primary N) is 1. The van der Waals surface area contributed by atoms with E-state index in [1.165, 1.54) is 30.2 Å². The third-order valence-corrected chi connectivity index (χ3v) is 2.82. The van der Waals surface area contributed by atoms with Gasteiger partial charge in [-0.2, -0.15) is 0 Å². The van der Waals surface area contributed by atoms with Gasteiger partial charge in [0.25, 0.3) is 0 Å². The molecular formula is C5H7N3O2S2. The summed E-state index contributed by atoms with van der Waals surface area (Å²) in [5, 5.41) is 7.72. The zero-order chi connectivity index (χ0) is 8.97. The van der Waals surface area contributed by atoms with Crippen LogP contribution in [0.4, 0.5) is 5.13 Å². The molecule has 1 aromatic heterocycles. The van der Waals surface area contributed by atoms with Crippen LogP contribution in [0.5, 0.6) is 0 Å². The Bertz CT molecular complexity index is 275. The van der Waals surface area contributed by atoms with Gasteiger partial charge in [-0.15, -0.1) is 10.2 Å². The number of carbonyl (C=O) groups is 1. The molecule has 0 radical (unpaired) electrons. The van der Waals surface area contributed by atoms with E-state index in [2.05, 4.69) is 14.9 Å². The molecule has 1 rings (SSSR count). The third kappa shape index (κ3) is 2.67. The molecule has 0 saturated carbocycles. The predicted octanol–water partition coefficient (Wildman–Crippen LogP) is 0.385. The highest BCUT2D eigenvalue weighted by molar-refractivity contribution is 8.01. The summed E-state index contributed by atoms with van der Waals surface area (Å²) in [6.45, 7) is 0. The number of hydrogen-bond acceptors (Lipinski definition) is 7. The third-order valence-electron chi connectivity index (χ3n) is 0.963. The molecule has 0 atom stereocenters. The predicted molar refractivity (Wildman–Crippen MR) is 47.1 cm³/mol. The van der Waals surface area contributed by atoms with Crippen molar-refractivity contribution >= 4 is 34.2 Å². The molecule has 0 aliphatic heterocycles. The molecule has 5 nitrogen and oxygen atoms in total. The SMILES string of the molecule is COC(=O)CSc1nnc(N)s1. The van der Waals surface area contributed by atoms with Crippen LogP contribution in [0.15, 0.2) is 4.34 Å². The highest BCUT2D eigenvalue weighted by Crippen LogP contribution is 2.23. The molecule has 66 valence electrons. The first-order chi connectivity index (χ1) is 5.72. The first kappa shape index (κ1) is 9.27. The van der Waals surface area contributed by atoms with Crippen molar-refractivity contribution in [3.05, 3.63) is 0 Å². The number of methoxy groups -OCH3 is 1. The molecular weight excluding hydrogens is 198 g/mol. The van der Waals surface area contributed by atoms with E-state index in [0.29, 0.717) is 9.47 Å². The largest absolute Gasteiger partial charge is 0.468 e. The molecule has 0 spiro atoms. The summed E-state index contributed by atoms with van der Waals surface area (Å²) < 4.78 is 5.12. The summed E-state index contributed by atoms with van der Waals surface area (Å²) >= 11 is 2.52. The zero-order valence-corrected chi connectivity index (χ0v) is 7.94. The van der Waals surface area contributed by atoms with Crippen molar-refractivity contribution in [1.82, 2.24) is 10.2 Å². The number of esters is 1. The minimum Gasteiger partial charge on any atom is -0.468 e. The Morgan fingerprint density at radius 2 is 2.50 bits per heavy atom. The lowest BCUT2D eigenvalue weighted by Crippen LogP contribution is -2.02. The molecule has 0 amide bonds. The lowest BCUT2D eigenvalue weighted by Gasteiger charge is -1.93. The first-order valence-electron chi connectivity index (χ1n) is 3.01. The van der Waals surface area contributed by atoms with E-state index >= 15 is 0 Å². The van der Waals surface area contributed by atoms with Crippen LogP contribution >= 0.6 is 23.1 Å². The molecule has 0 bridgehead atoms. The van der Waals surface area contributed by atoms with E-state index in [-0.39, 0.29) is 11.7 Å². The minimum absolute atomic E-state index is 0.241. The van der Waals surface area contributed by atoms with Gasteiger partial charge in [0, 0.05) is 0 Å². The second-order valence-electron chi connectivity index (χ2n) is 1.77. The lowest BCUT2D eigenvalue weighted by molar-refractivity contribution is -0.137. The number of ether oxygens (including phenoxy) is 1. The molecule has 1 aromatic rings. The van der Waals surface area contributed by atoms with Crippen molar-refractivity contribution < 1.29 is 9.53 Å². The number of anilines is 1. The first-order valence-corrected chi connectivity index (χ1v) is 4.81. The van der Waals surface area contributed by atoms with Crippen molar-refractivity contribution in [2.24, 2.45) is 0 Å². The Morgan fingerprint density at radius 3 is 3.00 bits per heavy atom. The minimum atomic E-state index is -0.284. The van der Waals surface area contributed by atoms with E-state index in [9.17, 15) is 4.79 Å². The van der Waals surface area contributed by atoms with E-state index < -0.39 is 0 Å². The Hall–Kier alpha value is -0.820. The van der Waals surface area contributed by atoms with Crippen LogP contribution in [-0.2, 0) is 9.53 Å². The van der Waals surface area contributed by atoms with Crippen molar-refractivity contribution in [1.29, 1.82) is 0 Å². The normalized spacial score (nSPS) is 9.75. The number of carbonyl (C=O) groups excluding carboxylic acids is 1. The van der Waals surface area contributed by atoms with Gasteiger partial charge in [0.15, 0.2) is 4.34 Å². The fourth-order valence-corrected chi connectivity index (χ4v) is 1.93.